The highest BCUT2D eigenvalue weighted by Crippen LogP contribution is 2.35. The molecular formula is C20H26N4O2. The van der Waals surface area contributed by atoms with Crippen molar-refractivity contribution < 1.29 is 9.53 Å². The SMILES string of the molecule is N#Cc1cccc(N2CCOC[C@]3(CCCN(C(=O)NC4CC4)C3)C2)c1. The Morgan fingerprint density at radius 1 is 1.31 bits per heavy atom. The zero-order chi connectivity index (χ0) is 18.0. The number of likely N-dealkylation sites (tertiary alicyclic amines) is 1. The lowest BCUT2D eigenvalue weighted by Gasteiger charge is -2.44. The highest BCUT2D eigenvalue weighted by atomic mass is 16.5. The Hall–Kier alpha value is -2.26. The van der Waals surface area contributed by atoms with Gasteiger partial charge < -0.3 is 19.9 Å². The molecule has 1 aromatic carbocycles. The first-order chi connectivity index (χ1) is 12.7. The van der Waals surface area contributed by atoms with Crippen molar-refractivity contribution in [2.45, 2.75) is 31.7 Å². The Morgan fingerprint density at radius 2 is 2.19 bits per heavy atom. The fraction of sp³-hybridized carbons (Fsp3) is 0.600. The third-order valence-electron chi connectivity index (χ3n) is 5.63. The Labute approximate surface area is 154 Å². The van der Waals surface area contributed by atoms with Crippen LogP contribution in [0.5, 0.6) is 0 Å². The summed E-state index contributed by atoms with van der Waals surface area (Å²) in [6, 6.07) is 10.4. The molecule has 6 heteroatoms. The van der Waals surface area contributed by atoms with E-state index >= 15 is 0 Å². The van der Waals surface area contributed by atoms with Crippen LogP contribution in [0.1, 0.15) is 31.2 Å². The number of nitriles is 1. The van der Waals surface area contributed by atoms with Gasteiger partial charge in [-0.05, 0) is 43.9 Å². The van der Waals surface area contributed by atoms with Gasteiger partial charge in [0.25, 0.3) is 0 Å². The molecule has 3 fully saturated rings. The van der Waals surface area contributed by atoms with Crippen LogP contribution in [0.2, 0.25) is 0 Å². The summed E-state index contributed by atoms with van der Waals surface area (Å²) in [6.07, 6.45) is 4.29. The summed E-state index contributed by atoms with van der Waals surface area (Å²) < 4.78 is 5.95. The van der Waals surface area contributed by atoms with Crippen LogP contribution in [-0.2, 0) is 4.74 Å². The van der Waals surface area contributed by atoms with Crippen molar-refractivity contribution in [1.29, 1.82) is 5.26 Å². The van der Waals surface area contributed by atoms with Crippen molar-refractivity contribution in [2.24, 2.45) is 5.41 Å². The van der Waals surface area contributed by atoms with Gasteiger partial charge in [-0.3, -0.25) is 0 Å². The van der Waals surface area contributed by atoms with E-state index < -0.39 is 0 Å². The number of ether oxygens (including phenoxy) is 1. The number of piperidine rings is 1. The Morgan fingerprint density at radius 3 is 3.00 bits per heavy atom. The Balaban J connectivity index is 1.50. The second kappa shape index (κ2) is 7.16. The lowest BCUT2D eigenvalue weighted by Crippen LogP contribution is -2.54. The molecule has 3 aliphatic rings. The van der Waals surface area contributed by atoms with Crippen LogP contribution in [0, 0.1) is 16.7 Å². The zero-order valence-corrected chi connectivity index (χ0v) is 15.1. The fourth-order valence-corrected chi connectivity index (χ4v) is 4.11. The van der Waals surface area contributed by atoms with Crippen LogP contribution >= 0.6 is 0 Å². The van der Waals surface area contributed by atoms with Gasteiger partial charge in [0.05, 0.1) is 24.8 Å². The highest BCUT2D eigenvalue weighted by Gasteiger charge is 2.41. The number of hydrogen-bond acceptors (Lipinski definition) is 4. The number of carbonyl (C=O) groups excluding carboxylic acids is 1. The number of amides is 2. The van der Waals surface area contributed by atoms with Gasteiger partial charge in [0.2, 0.25) is 0 Å². The summed E-state index contributed by atoms with van der Waals surface area (Å²) in [4.78, 5) is 16.8. The largest absolute Gasteiger partial charge is 0.379 e. The predicted molar refractivity (Wildman–Crippen MR) is 99.0 cm³/mol. The summed E-state index contributed by atoms with van der Waals surface area (Å²) in [5, 5.41) is 12.3. The Bertz CT molecular complexity index is 712. The van der Waals surface area contributed by atoms with Crippen molar-refractivity contribution in [3.8, 4) is 6.07 Å². The van der Waals surface area contributed by atoms with E-state index in [0.29, 0.717) is 24.8 Å². The van der Waals surface area contributed by atoms with E-state index in [9.17, 15) is 10.1 Å². The van der Waals surface area contributed by atoms with E-state index in [4.69, 9.17) is 4.74 Å². The third-order valence-corrected chi connectivity index (χ3v) is 5.63. The second-order valence-electron chi connectivity index (χ2n) is 7.89. The summed E-state index contributed by atoms with van der Waals surface area (Å²) in [7, 11) is 0. The third kappa shape index (κ3) is 3.78. The van der Waals surface area contributed by atoms with Gasteiger partial charge in [-0.25, -0.2) is 4.79 Å². The predicted octanol–water partition coefficient (Wildman–Crippen LogP) is 2.35. The number of nitrogens with zero attached hydrogens (tertiary/aromatic N) is 3. The molecule has 26 heavy (non-hydrogen) atoms. The molecule has 1 N–H and O–H groups in total. The maximum atomic E-state index is 12.5. The molecule has 1 atom stereocenters. The highest BCUT2D eigenvalue weighted by molar-refractivity contribution is 5.75. The van der Waals surface area contributed by atoms with Crippen LogP contribution in [-0.4, -0.2) is 56.4 Å². The first-order valence-electron chi connectivity index (χ1n) is 9.56. The number of anilines is 1. The topological polar surface area (TPSA) is 68.6 Å². The molecule has 0 aromatic heterocycles. The minimum absolute atomic E-state index is 0.0434. The average molecular weight is 354 g/mol. The molecule has 1 aliphatic carbocycles. The van der Waals surface area contributed by atoms with Crippen molar-refractivity contribution in [3.05, 3.63) is 29.8 Å². The molecule has 138 valence electrons. The van der Waals surface area contributed by atoms with E-state index in [-0.39, 0.29) is 11.4 Å². The molecule has 2 saturated heterocycles. The Kier molecular flexibility index (Phi) is 4.73. The molecule has 0 bridgehead atoms. The lowest BCUT2D eigenvalue weighted by atomic mass is 9.80. The monoisotopic (exact) mass is 354 g/mol. The van der Waals surface area contributed by atoms with Crippen LogP contribution in [0.4, 0.5) is 10.5 Å². The molecule has 6 nitrogen and oxygen atoms in total. The van der Waals surface area contributed by atoms with Gasteiger partial charge in [0.15, 0.2) is 0 Å². The standard InChI is InChI=1S/C20H26N4O2/c21-12-16-3-1-4-18(11-16)23-9-10-26-15-20(13-23)7-2-8-24(14-20)19(25)22-17-5-6-17/h1,3-4,11,17H,2,5-10,13-15H2,(H,22,25)/t20-/m1/s1. The van der Waals surface area contributed by atoms with E-state index in [1.165, 1.54) is 0 Å². The number of carbonyl (C=O) groups is 1. The summed E-state index contributed by atoms with van der Waals surface area (Å²) >= 11 is 0. The van der Waals surface area contributed by atoms with Crippen molar-refractivity contribution in [1.82, 2.24) is 10.2 Å². The second-order valence-corrected chi connectivity index (χ2v) is 7.89. The van der Waals surface area contributed by atoms with E-state index in [1.807, 2.05) is 23.1 Å². The number of rotatable bonds is 2. The van der Waals surface area contributed by atoms with Gasteiger partial charge >= 0.3 is 6.03 Å². The van der Waals surface area contributed by atoms with Crippen molar-refractivity contribution in [2.75, 3.05) is 44.3 Å². The lowest BCUT2D eigenvalue weighted by molar-refractivity contribution is 0.0244. The van der Waals surface area contributed by atoms with Crippen LogP contribution in [0.3, 0.4) is 0 Å². The van der Waals surface area contributed by atoms with Gasteiger partial charge in [-0.2, -0.15) is 5.26 Å². The van der Waals surface area contributed by atoms with Crippen molar-refractivity contribution >= 4 is 11.7 Å². The molecule has 1 spiro atoms. The zero-order valence-electron chi connectivity index (χ0n) is 15.1. The quantitative estimate of drug-likeness (QED) is 0.885. The van der Waals surface area contributed by atoms with E-state index in [2.05, 4.69) is 22.4 Å². The molecule has 1 saturated carbocycles. The molecule has 2 heterocycles. The number of urea groups is 1. The first-order valence-corrected chi connectivity index (χ1v) is 9.56. The van der Waals surface area contributed by atoms with Gasteiger partial charge in [0.1, 0.15) is 0 Å². The fourth-order valence-electron chi connectivity index (χ4n) is 4.11. The smallest absolute Gasteiger partial charge is 0.317 e. The molecule has 2 aliphatic heterocycles. The maximum absolute atomic E-state index is 12.5. The first kappa shape index (κ1) is 17.2. The number of benzene rings is 1. The van der Waals surface area contributed by atoms with Gasteiger partial charge in [0, 0.05) is 43.3 Å². The average Bonchev–Trinajstić information content (AvgIpc) is 3.50. The minimum Gasteiger partial charge on any atom is -0.379 e. The van der Waals surface area contributed by atoms with Crippen LogP contribution < -0.4 is 10.2 Å². The van der Waals surface area contributed by atoms with Gasteiger partial charge in [-0.1, -0.05) is 6.07 Å². The van der Waals surface area contributed by atoms with Crippen LogP contribution in [0.15, 0.2) is 24.3 Å². The van der Waals surface area contributed by atoms with E-state index in [1.54, 1.807) is 0 Å². The normalized spacial score (nSPS) is 26.3. The summed E-state index contributed by atoms with van der Waals surface area (Å²) in [5.41, 5.74) is 1.70. The molecule has 2 amide bonds. The number of nitrogens with one attached hydrogen (secondary N) is 1. The molecule has 4 rings (SSSR count). The molecular weight excluding hydrogens is 328 g/mol. The number of hydrogen-bond donors (Lipinski definition) is 1. The molecule has 0 radical (unpaired) electrons. The van der Waals surface area contributed by atoms with Crippen LogP contribution in [0.25, 0.3) is 0 Å². The summed E-state index contributed by atoms with van der Waals surface area (Å²) in [5.74, 6) is 0. The van der Waals surface area contributed by atoms with E-state index in [0.717, 1.165) is 57.5 Å². The minimum atomic E-state index is -0.0434. The molecule has 1 aromatic rings. The molecule has 0 unspecified atom stereocenters. The summed E-state index contributed by atoms with van der Waals surface area (Å²) in [6.45, 7) is 4.59. The maximum Gasteiger partial charge on any atom is 0.317 e. The van der Waals surface area contributed by atoms with Gasteiger partial charge in [-0.15, -0.1) is 0 Å². The van der Waals surface area contributed by atoms with Crippen molar-refractivity contribution in [3.63, 3.8) is 0 Å².